The van der Waals surface area contributed by atoms with Crippen LogP contribution in [0.1, 0.15) is 19.4 Å². The number of hydrogen-bond donors (Lipinski definition) is 1. The number of nitrogens with one attached hydrogen (secondary N) is 1. The molecule has 4 heteroatoms. The van der Waals surface area contributed by atoms with Gasteiger partial charge in [0.25, 0.3) is 0 Å². The molecule has 0 bridgehead atoms. The van der Waals surface area contributed by atoms with Crippen LogP contribution in [-0.2, 0) is 0 Å². The monoisotopic (exact) mass is 332 g/mol. The van der Waals surface area contributed by atoms with E-state index >= 15 is 0 Å². The minimum absolute atomic E-state index is 0.752. The third kappa shape index (κ3) is 3.97. The SMILES string of the molecule is CCN(CC)c1nc(Nc2ccccc2C)cc(-c2ccccc2)n1. The topological polar surface area (TPSA) is 41.1 Å². The fraction of sp³-hybridized carbons (Fsp3) is 0.238. The molecule has 3 aromatic rings. The molecule has 0 unspecified atom stereocenters. The minimum atomic E-state index is 0.752. The summed E-state index contributed by atoms with van der Waals surface area (Å²) in [5.74, 6) is 1.56. The maximum Gasteiger partial charge on any atom is 0.227 e. The molecule has 0 saturated heterocycles. The Balaban J connectivity index is 2.05. The second kappa shape index (κ2) is 7.79. The molecule has 4 nitrogen and oxygen atoms in total. The van der Waals surface area contributed by atoms with E-state index in [1.807, 2.05) is 36.4 Å². The van der Waals surface area contributed by atoms with Crippen LogP contribution in [0.15, 0.2) is 60.7 Å². The van der Waals surface area contributed by atoms with Crippen LogP contribution in [0.4, 0.5) is 17.5 Å². The highest BCUT2D eigenvalue weighted by atomic mass is 15.3. The van der Waals surface area contributed by atoms with E-state index in [0.717, 1.165) is 41.8 Å². The van der Waals surface area contributed by atoms with Crippen molar-refractivity contribution in [3.8, 4) is 11.3 Å². The van der Waals surface area contributed by atoms with Crippen molar-refractivity contribution in [3.63, 3.8) is 0 Å². The molecule has 128 valence electrons. The van der Waals surface area contributed by atoms with E-state index in [9.17, 15) is 0 Å². The quantitative estimate of drug-likeness (QED) is 0.686. The molecular formula is C21H24N4. The van der Waals surface area contributed by atoms with Gasteiger partial charge in [0.1, 0.15) is 5.82 Å². The van der Waals surface area contributed by atoms with Crippen LogP contribution < -0.4 is 10.2 Å². The molecule has 0 saturated carbocycles. The lowest BCUT2D eigenvalue weighted by molar-refractivity contribution is 0.823. The molecule has 0 radical (unpaired) electrons. The van der Waals surface area contributed by atoms with E-state index in [0.29, 0.717) is 0 Å². The van der Waals surface area contributed by atoms with Gasteiger partial charge in [-0.1, -0.05) is 48.5 Å². The summed E-state index contributed by atoms with van der Waals surface area (Å²) in [6, 6.07) is 20.5. The van der Waals surface area contributed by atoms with Gasteiger partial charge in [-0.3, -0.25) is 0 Å². The lowest BCUT2D eigenvalue weighted by Gasteiger charge is -2.20. The molecule has 25 heavy (non-hydrogen) atoms. The first-order valence-electron chi connectivity index (χ1n) is 8.73. The normalized spacial score (nSPS) is 10.5. The van der Waals surface area contributed by atoms with Gasteiger partial charge in [-0.2, -0.15) is 4.98 Å². The van der Waals surface area contributed by atoms with Crippen molar-refractivity contribution in [2.45, 2.75) is 20.8 Å². The number of anilines is 3. The number of nitrogens with zero attached hydrogens (tertiary/aromatic N) is 3. The van der Waals surface area contributed by atoms with Crippen molar-refractivity contribution in [1.29, 1.82) is 0 Å². The molecule has 0 aliphatic carbocycles. The summed E-state index contributed by atoms with van der Waals surface area (Å²) in [6.45, 7) is 8.08. The van der Waals surface area contributed by atoms with E-state index in [2.05, 4.69) is 55.3 Å². The van der Waals surface area contributed by atoms with Gasteiger partial charge in [0, 0.05) is 30.4 Å². The smallest absolute Gasteiger partial charge is 0.227 e. The Morgan fingerprint density at radius 1 is 0.880 bits per heavy atom. The summed E-state index contributed by atoms with van der Waals surface area (Å²) in [7, 11) is 0. The first kappa shape index (κ1) is 17.0. The van der Waals surface area contributed by atoms with Crippen molar-refractivity contribution in [1.82, 2.24) is 9.97 Å². The summed E-state index contributed by atoms with van der Waals surface area (Å²) >= 11 is 0. The number of para-hydroxylation sites is 1. The lowest BCUT2D eigenvalue weighted by Crippen LogP contribution is -2.24. The molecule has 1 aromatic heterocycles. The third-order valence-electron chi connectivity index (χ3n) is 4.24. The molecule has 1 heterocycles. The van der Waals surface area contributed by atoms with Crippen LogP contribution in [-0.4, -0.2) is 23.1 Å². The second-order valence-electron chi connectivity index (χ2n) is 5.92. The number of benzene rings is 2. The fourth-order valence-electron chi connectivity index (χ4n) is 2.75. The average Bonchev–Trinajstić information content (AvgIpc) is 2.65. The highest BCUT2D eigenvalue weighted by Gasteiger charge is 2.11. The summed E-state index contributed by atoms with van der Waals surface area (Å²) in [5.41, 5.74) is 4.26. The summed E-state index contributed by atoms with van der Waals surface area (Å²) in [5, 5.41) is 3.45. The Morgan fingerprint density at radius 2 is 1.56 bits per heavy atom. The van der Waals surface area contributed by atoms with Gasteiger partial charge in [-0.25, -0.2) is 4.98 Å². The van der Waals surface area contributed by atoms with E-state index in [-0.39, 0.29) is 0 Å². The van der Waals surface area contributed by atoms with Gasteiger partial charge < -0.3 is 10.2 Å². The van der Waals surface area contributed by atoms with Crippen molar-refractivity contribution >= 4 is 17.5 Å². The molecule has 0 aliphatic rings. The number of aryl methyl sites for hydroxylation is 1. The summed E-state index contributed by atoms with van der Waals surface area (Å²) < 4.78 is 0. The van der Waals surface area contributed by atoms with Crippen LogP contribution in [0.2, 0.25) is 0 Å². The Hall–Kier alpha value is -2.88. The van der Waals surface area contributed by atoms with Crippen molar-refractivity contribution in [2.75, 3.05) is 23.3 Å². The van der Waals surface area contributed by atoms with Crippen molar-refractivity contribution < 1.29 is 0 Å². The Morgan fingerprint density at radius 3 is 2.24 bits per heavy atom. The lowest BCUT2D eigenvalue weighted by atomic mass is 10.1. The number of aromatic nitrogens is 2. The second-order valence-corrected chi connectivity index (χ2v) is 5.92. The third-order valence-corrected chi connectivity index (χ3v) is 4.24. The largest absolute Gasteiger partial charge is 0.341 e. The van der Waals surface area contributed by atoms with E-state index < -0.39 is 0 Å². The summed E-state index contributed by atoms with van der Waals surface area (Å²) in [4.78, 5) is 11.7. The number of hydrogen-bond acceptors (Lipinski definition) is 4. The highest BCUT2D eigenvalue weighted by molar-refractivity contribution is 5.68. The van der Waals surface area contributed by atoms with Gasteiger partial charge in [-0.15, -0.1) is 0 Å². The predicted molar refractivity (Wildman–Crippen MR) is 105 cm³/mol. The van der Waals surface area contributed by atoms with Crippen molar-refractivity contribution in [2.24, 2.45) is 0 Å². The zero-order chi connectivity index (χ0) is 17.6. The molecule has 0 atom stereocenters. The minimum Gasteiger partial charge on any atom is -0.341 e. The van der Waals surface area contributed by atoms with Crippen LogP contribution in [0.3, 0.4) is 0 Å². The average molecular weight is 332 g/mol. The fourth-order valence-corrected chi connectivity index (χ4v) is 2.75. The van der Waals surface area contributed by atoms with Crippen LogP contribution >= 0.6 is 0 Å². The van der Waals surface area contributed by atoms with E-state index in [1.54, 1.807) is 0 Å². The zero-order valence-corrected chi connectivity index (χ0v) is 15.0. The van der Waals surface area contributed by atoms with E-state index in [4.69, 9.17) is 9.97 Å². The molecule has 3 rings (SSSR count). The summed E-state index contributed by atoms with van der Waals surface area (Å²) in [6.07, 6.45) is 0. The van der Waals surface area contributed by atoms with Gasteiger partial charge in [-0.05, 0) is 32.4 Å². The van der Waals surface area contributed by atoms with Crippen LogP contribution in [0.5, 0.6) is 0 Å². The van der Waals surface area contributed by atoms with Gasteiger partial charge in [0.15, 0.2) is 0 Å². The Bertz CT molecular complexity index is 826. The molecule has 1 N–H and O–H groups in total. The van der Waals surface area contributed by atoms with Crippen molar-refractivity contribution in [3.05, 3.63) is 66.2 Å². The predicted octanol–water partition coefficient (Wildman–Crippen LogP) is 5.04. The molecule has 0 fully saturated rings. The standard InChI is InChI=1S/C21H24N4/c1-4-25(5-2)21-23-19(17-12-7-6-8-13-17)15-20(24-21)22-18-14-10-9-11-16(18)3/h6-15H,4-5H2,1-3H3,(H,22,23,24). The number of rotatable bonds is 6. The maximum absolute atomic E-state index is 4.78. The first-order chi connectivity index (χ1) is 12.2. The zero-order valence-electron chi connectivity index (χ0n) is 15.0. The van der Waals surface area contributed by atoms with Gasteiger partial charge in [0.2, 0.25) is 5.95 Å². The Labute approximate surface area is 149 Å². The highest BCUT2D eigenvalue weighted by Crippen LogP contribution is 2.26. The molecular weight excluding hydrogens is 308 g/mol. The Kier molecular flexibility index (Phi) is 5.29. The maximum atomic E-state index is 4.78. The molecule has 0 aliphatic heterocycles. The van der Waals surface area contributed by atoms with Gasteiger partial charge >= 0.3 is 0 Å². The van der Waals surface area contributed by atoms with Gasteiger partial charge in [0.05, 0.1) is 5.69 Å². The van der Waals surface area contributed by atoms with E-state index in [1.165, 1.54) is 5.56 Å². The molecule has 0 spiro atoms. The molecule has 0 amide bonds. The first-order valence-corrected chi connectivity index (χ1v) is 8.73. The molecule has 2 aromatic carbocycles. The van der Waals surface area contributed by atoms with Crippen LogP contribution in [0, 0.1) is 6.92 Å². The van der Waals surface area contributed by atoms with Crippen LogP contribution in [0.25, 0.3) is 11.3 Å².